The van der Waals surface area contributed by atoms with E-state index in [4.69, 9.17) is 14.7 Å². The fraction of sp³-hybridized carbons (Fsp3) is 0.417. The summed E-state index contributed by atoms with van der Waals surface area (Å²) >= 11 is 0. The lowest BCUT2D eigenvalue weighted by molar-refractivity contribution is -0.140. The van der Waals surface area contributed by atoms with E-state index < -0.39 is 11.9 Å². The van der Waals surface area contributed by atoms with E-state index in [-0.39, 0.29) is 30.6 Å². The number of ether oxygens (including phenoxy) is 1. The lowest BCUT2D eigenvalue weighted by Crippen LogP contribution is -2.21. The topological polar surface area (TPSA) is 150 Å². The Morgan fingerprint density at radius 3 is 2.09 bits per heavy atom. The molecule has 10 nitrogen and oxygen atoms in total. The van der Waals surface area contributed by atoms with Gasteiger partial charge in [-0.05, 0) is 86.1 Å². The lowest BCUT2D eigenvalue weighted by Gasteiger charge is -2.18. The Labute approximate surface area is 268 Å². The summed E-state index contributed by atoms with van der Waals surface area (Å²) in [6.07, 6.45) is 1.68. The molecule has 0 saturated carbocycles. The molecule has 0 aliphatic carbocycles. The molecule has 0 radical (unpaired) electrons. The quantitative estimate of drug-likeness (QED) is 0.218. The first-order chi connectivity index (χ1) is 21.9. The zero-order valence-electron chi connectivity index (χ0n) is 27.9. The molecule has 4 N–H and O–H groups in total. The number of H-pyrrole nitrogens is 2. The van der Waals surface area contributed by atoms with Gasteiger partial charge in [-0.2, -0.15) is 0 Å². The van der Waals surface area contributed by atoms with Gasteiger partial charge in [0, 0.05) is 58.6 Å². The molecule has 2 aliphatic heterocycles. The highest BCUT2D eigenvalue weighted by Crippen LogP contribution is 2.43. The molecular weight excluding hydrogens is 582 g/mol. The molecule has 3 aromatic heterocycles. The Morgan fingerprint density at radius 1 is 0.913 bits per heavy atom. The Balaban J connectivity index is 2.03. The number of aromatic amines is 2. The minimum Gasteiger partial charge on any atom is -0.481 e. The SMILES string of the molecule is CCc1c(C)c2cc3[nH]c(cc4nc(c(CC(=O)OC)c5nc(cc1[nH]2)C(C)=C5C(=O)NC)C(CCC(=O)O)C4C)c(C)c3CC. The first-order valence-electron chi connectivity index (χ1n) is 15.9. The molecule has 2 aliphatic rings. The largest absolute Gasteiger partial charge is 0.481 e. The van der Waals surface area contributed by atoms with Gasteiger partial charge in [0.2, 0.25) is 0 Å². The minimum absolute atomic E-state index is 0.0731. The molecule has 242 valence electrons. The second-order valence-electron chi connectivity index (χ2n) is 12.2. The van der Waals surface area contributed by atoms with Gasteiger partial charge in [-0.1, -0.05) is 20.8 Å². The first-order valence-corrected chi connectivity index (χ1v) is 15.9. The molecule has 2 unspecified atom stereocenters. The number of aliphatic carboxylic acids is 1. The van der Waals surface area contributed by atoms with Crippen LogP contribution in [-0.2, 0) is 38.4 Å². The van der Waals surface area contributed by atoms with Gasteiger partial charge in [-0.15, -0.1) is 0 Å². The van der Waals surface area contributed by atoms with E-state index in [0.717, 1.165) is 57.3 Å². The predicted octanol–water partition coefficient (Wildman–Crippen LogP) is 6.20. The van der Waals surface area contributed by atoms with Gasteiger partial charge in [-0.3, -0.25) is 19.4 Å². The highest BCUT2D eigenvalue weighted by Gasteiger charge is 2.35. The summed E-state index contributed by atoms with van der Waals surface area (Å²) < 4.78 is 5.11. The van der Waals surface area contributed by atoms with Crippen molar-refractivity contribution in [1.29, 1.82) is 0 Å². The standard InChI is InChI=1S/C36H43N5O5/c1-9-21-17(3)25-14-27-19(5)23(11-12-31(42)43)34(40-27)24(13-32(44)46-8)35-33(36(45)37-7)20(6)28(41-35)16-30-22(10-2)18(4)26(39-30)15-29(21)38-25/h14-16,19,23,38-39H,9-13H2,1-8H3,(H,37,45)(H,42,43). The summed E-state index contributed by atoms with van der Waals surface area (Å²) in [5.74, 6) is -2.25. The predicted molar refractivity (Wildman–Crippen MR) is 180 cm³/mol. The van der Waals surface area contributed by atoms with E-state index >= 15 is 0 Å². The molecule has 0 saturated heterocycles. The number of carbonyl (C=O) groups is 3. The maximum absolute atomic E-state index is 13.5. The van der Waals surface area contributed by atoms with Crippen molar-refractivity contribution in [2.45, 2.75) is 85.5 Å². The first kappa shape index (κ1) is 32.7. The molecule has 5 heterocycles. The number of allylic oxidation sites excluding steroid dienone is 1. The van der Waals surface area contributed by atoms with Gasteiger partial charge in [0.05, 0.1) is 36.2 Å². The monoisotopic (exact) mass is 625 g/mol. The molecule has 10 heteroatoms. The smallest absolute Gasteiger partial charge is 0.310 e. The zero-order chi connectivity index (χ0) is 33.4. The number of carboxylic acids is 1. The molecule has 46 heavy (non-hydrogen) atoms. The second kappa shape index (κ2) is 12.9. The number of aromatic nitrogens is 4. The number of carbonyl (C=O) groups excluding carboxylic acids is 2. The van der Waals surface area contributed by atoms with Gasteiger partial charge in [0.25, 0.3) is 5.91 Å². The highest BCUT2D eigenvalue weighted by atomic mass is 16.5. The van der Waals surface area contributed by atoms with Gasteiger partial charge in [0.1, 0.15) is 0 Å². The van der Waals surface area contributed by atoms with Crippen LogP contribution in [0.2, 0.25) is 0 Å². The fourth-order valence-corrected chi connectivity index (χ4v) is 6.96. The van der Waals surface area contributed by atoms with E-state index in [1.807, 2.05) is 26.0 Å². The van der Waals surface area contributed by atoms with Crippen LogP contribution in [0.4, 0.5) is 0 Å². The molecule has 8 bridgehead atoms. The van der Waals surface area contributed by atoms with E-state index in [9.17, 15) is 19.5 Å². The minimum atomic E-state index is -0.915. The number of esters is 1. The summed E-state index contributed by atoms with van der Waals surface area (Å²) in [4.78, 5) is 55.6. The van der Waals surface area contributed by atoms with E-state index in [2.05, 4.69) is 49.0 Å². The normalized spacial score (nSPS) is 16.1. The molecular formula is C36H43N5O5. The number of nitrogens with zero attached hydrogens (tertiary/aromatic N) is 2. The number of likely N-dealkylation sites (N-methyl/N-ethyl adjacent to an activating group) is 1. The number of methoxy groups -OCH3 is 1. The fourth-order valence-electron chi connectivity index (χ4n) is 6.96. The van der Waals surface area contributed by atoms with E-state index in [0.29, 0.717) is 40.2 Å². The number of amides is 1. The number of rotatable bonds is 8. The summed E-state index contributed by atoms with van der Waals surface area (Å²) in [7, 11) is 2.88. The number of hydrogen-bond acceptors (Lipinski definition) is 6. The summed E-state index contributed by atoms with van der Waals surface area (Å²) in [5.41, 5.74) is 12.2. The third kappa shape index (κ3) is 5.72. The van der Waals surface area contributed by atoms with Crippen molar-refractivity contribution in [2.24, 2.45) is 0 Å². The van der Waals surface area contributed by atoms with E-state index in [1.165, 1.54) is 12.7 Å². The van der Waals surface area contributed by atoms with Crippen LogP contribution in [0.5, 0.6) is 0 Å². The van der Waals surface area contributed by atoms with Crippen LogP contribution in [-0.4, -0.2) is 57.0 Å². The van der Waals surface area contributed by atoms with Crippen LogP contribution in [0.3, 0.4) is 0 Å². The third-order valence-corrected chi connectivity index (χ3v) is 9.64. The second-order valence-corrected chi connectivity index (χ2v) is 12.2. The van der Waals surface area contributed by atoms with Gasteiger partial charge < -0.3 is 25.1 Å². The Morgan fingerprint density at radius 2 is 1.52 bits per heavy atom. The van der Waals surface area contributed by atoms with E-state index in [1.54, 1.807) is 7.05 Å². The van der Waals surface area contributed by atoms with Crippen LogP contribution >= 0.6 is 0 Å². The summed E-state index contributed by atoms with van der Waals surface area (Å²) in [6.45, 7) is 12.3. The van der Waals surface area contributed by atoms with Crippen LogP contribution in [0.15, 0.2) is 18.2 Å². The van der Waals surface area contributed by atoms with Crippen molar-refractivity contribution in [3.63, 3.8) is 0 Å². The van der Waals surface area contributed by atoms with Crippen molar-refractivity contribution < 1.29 is 24.2 Å². The van der Waals surface area contributed by atoms with Gasteiger partial charge >= 0.3 is 11.9 Å². The Kier molecular flexibility index (Phi) is 9.19. The van der Waals surface area contributed by atoms with Crippen molar-refractivity contribution in [3.8, 4) is 0 Å². The Bertz CT molecular complexity index is 1950. The maximum atomic E-state index is 13.5. The molecule has 0 fully saturated rings. The van der Waals surface area contributed by atoms with Crippen LogP contribution in [0.25, 0.3) is 33.2 Å². The Hall–Kier alpha value is -4.73. The number of nitrogens with one attached hydrogen (secondary N) is 3. The number of hydrogen-bond donors (Lipinski definition) is 4. The van der Waals surface area contributed by atoms with Crippen LogP contribution in [0.1, 0.15) is 103 Å². The number of aryl methyl sites for hydroxylation is 4. The maximum Gasteiger partial charge on any atom is 0.310 e. The lowest BCUT2D eigenvalue weighted by atomic mass is 9.84. The van der Waals surface area contributed by atoms with Crippen molar-refractivity contribution >= 4 is 51.1 Å². The van der Waals surface area contributed by atoms with Gasteiger partial charge in [0.15, 0.2) is 0 Å². The molecule has 0 spiro atoms. The molecule has 2 atom stereocenters. The summed E-state index contributed by atoms with van der Waals surface area (Å²) in [6, 6.07) is 6.16. The van der Waals surface area contributed by atoms with Crippen molar-refractivity contribution in [2.75, 3.05) is 14.2 Å². The summed E-state index contributed by atoms with van der Waals surface area (Å²) in [5, 5.41) is 12.4. The van der Waals surface area contributed by atoms with Gasteiger partial charge in [-0.25, -0.2) is 4.98 Å². The third-order valence-electron chi connectivity index (χ3n) is 9.64. The average molecular weight is 626 g/mol. The van der Waals surface area contributed by atoms with Crippen LogP contribution in [0, 0.1) is 13.8 Å². The number of carboxylic acid groups (broad SMARTS) is 1. The van der Waals surface area contributed by atoms with Crippen LogP contribution < -0.4 is 5.32 Å². The molecule has 3 aromatic rings. The molecule has 1 amide bonds. The zero-order valence-corrected chi connectivity index (χ0v) is 27.9. The average Bonchev–Trinajstić information content (AvgIpc) is 3.71. The number of fused-ring (bicyclic) bond motifs is 8. The van der Waals surface area contributed by atoms with Crippen molar-refractivity contribution in [1.82, 2.24) is 25.3 Å². The van der Waals surface area contributed by atoms with Crippen molar-refractivity contribution in [3.05, 3.63) is 68.8 Å². The molecule has 0 aromatic carbocycles. The highest BCUT2D eigenvalue weighted by molar-refractivity contribution is 6.27. The molecule has 5 rings (SSSR count).